The summed E-state index contributed by atoms with van der Waals surface area (Å²) in [5.41, 5.74) is 6.63. The van der Waals surface area contributed by atoms with Gasteiger partial charge in [0, 0.05) is 10.6 Å². The highest BCUT2D eigenvalue weighted by atomic mass is 32.2. The van der Waals surface area contributed by atoms with Crippen molar-refractivity contribution in [3.63, 3.8) is 0 Å². The zero-order valence-electron chi connectivity index (χ0n) is 12.2. The molecule has 0 spiro atoms. The summed E-state index contributed by atoms with van der Waals surface area (Å²) in [6, 6.07) is 14.2. The first-order chi connectivity index (χ1) is 10.6. The van der Waals surface area contributed by atoms with Crippen LogP contribution in [-0.4, -0.2) is 29.9 Å². The second-order valence-corrected chi connectivity index (χ2v) is 5.64. The molecule has 0 aliphatic carbocycles. The van der Waals surface area contributed by atoms with Crippen LogP contribution in [0.2, 0.25) is 0 Å². The smallest absolute Gasteiger partial charge is 0.321 e. The van der Waals surface area contributed by atoms with E-state index in [1.165, 1.54) is 11.8 Å². The van der Waals surface area contributed by atoms with Gasteiger partial charge in [-0.15, -0.1) is 11.8 Å². The molecule has 0 aliphatic heterocycles. The molecule has 0 saturated heterocycles. The molecule has 0 aliphatic rings. The summed E-state index contributed by atoms with van der Waals surface area (Å²) < 4.78 is 5.76. The van der Waals surface area contributed by atoms with Gasteiger partial charge < -0.3 is 20.9 Å². The maximum absolute atomic E-state index is 11.0. The number of carbonyl (C=O) groups is 1. The highest BCUT2D eigenvalue weighted by molar-refractivity contribution is 7.99. The zero-order chi connectivity index (χ0) is 15.9. The van der Waals surface area contributed by atoms with Crippen molar-refractivity contribution in [2.45, 2.75) is 10.9 Å². The molecule has 4 N–H and O–H groups in total. The Morgan fingerprint density at radius 2 is 2.00 bits per heavy atom. The Morgan fingerprint density at radius 3 is 2.64 bits per heavy atom. The summed E-state index contributed by atoms with van der Waals surface area (Å²) in [7, 11) is 1.62. The number of aliphatic carboxylic acids is 1. The Balaban J connectivity index is 2.10. The third-order valence-electron chi connectivity index (χ3n) is 3.05. The number of hydrogen-bond donors (Lipinski definition) is 3. The van der Waals surface area contributed by atoms with Crippen molar-refractivity contribution >= 4 is 23.4 Å². The van der Waals surface area contributed by atoms with Crippen molar-refractivity contribution in [2.24, 2.45) is 0 Å². The van der Waals surface area contributed by atoms with E-state index in [1.807, 2.05) is 42.5 Å². The third kappa shape index (κ3) is 4.16. The van der Waals surface area contributed by atoms with E-state index in [9.17, 15) is 4.79 Å². The number of carboxylic acids is 1. The predicted octanol–water partition coefficient (Wildman–Crippen LogP) is 2.83. The third-order valence-corrected chi connectivity index (χ3v) is 4.22. The lowest BCUT2D eigenvalue weighted by Gasteiger charge is -2.14. The standard InChI is InChI=1S/C16H18N2O3S/c1-18-12(16(19)20)10-22-14-9-5-8-13(15(14)17)21-11-6-3-2-4-7-11/h2-9,12,18H,10,17H2,1H3,(H,19,20)/t12-/m0/s1. The van der Waals surface area contributed by atoms with Gasteiger partial charge in [-0.25, -0.2) is 0 Å². The fraction of sp³-hybridized carbons (Fsp3) is 0.188. The monoisotopic (exact) mass is 318 g/mol. The lowest BCUT2D eigenvalue weighted by atomic mass is 10.3. The van der Waals surface area contributed by atoms with Gasteiger partial charge in [-0.3, -0.25) is 4.79 Å². The normalized spacial score (nSPS) is 11.9. The molecule has 116 valence electrons. The van der Waals surface area contributed by atoms with Crippen LogP contribution < -0.4 is 15.8 Å². The maximum Gasteiger partial charge on any atom is 0.321 e. The first kappa shape index (κ1) is 16.2. The van der Waals surface area contributed by atoms with Crippen molar-refractivity contribution in [3.8, 4) is 11.5 Å². The van der Waals surface area contributed by atoms with E-state index < -0.39 is 12.0 Å². The summed E-state index contributed by atoms with van der Waals surface area (Å²) in [6.07, 6.45) is 0. The van der Waals surface area contributed by atoms with Crippen LogP contribution in [0.5, 0.6) is 11.5 Å². The van der Waals surface area contributed by atoms with Crippen LogP contribution in [-0.2, 0) is 4.79 Å². The number of carboxylic acid groups (broad SMARTS) is 1. The number of anilines is 1. The fourth-order valence-electron chi connectivity index (χ4n) is 1.81. The van der Waals surface area contributed by atoms with Crippen molar-refractivity contribution in [1.82, 2.24) is 5.32 Å². The summed E-state index contributed by atoms with van der Waals surface area (Å²) in [5, 5.41) is 11.8. The first-order valence-electron chi connectivity index (χ1n) is 6.76. The average Bonchev–Trinajstić information content (AvgIpc) is 2.52. The molecule has 5 nitrogen and oxygen atoms in total. The van der Waals surface area contributed by atoms with Gasteiger partial charge >= 0.3 is 5.97 Å². The van der Waals surface area contributed by atoms with E-state index in [2.05, 4.69) is 5.32 Å². The Kier molecular flexibility index (Phi) is 5.68. The van der Waals surface area contributed by atoms with Crippen LogP contribution in [0, 0.1) is 0 Å². The van der Waals surface area contributed by atoms with Gasteiger partial charge in [-0.1, -0.05) is 24.3 Å². The highest BCUT2D eigenvalue weighted by Crippen LogP contribution is 2.35. The Bertz CT molecular complexity index is 635. The van der Waals surface area contributed by atoms with Crippen LogP contribution in [0.3, 0.4) is 0 Å². The van der Waals surface area contributed by atoms with Gasteiger partial charge in [0.05, 0.1) is 5.69 Å². The Hall–Kier alpha value is -2.18. The quantitative estimate of drug-likeness (QED) is 0.538. The van der Waals surface area contributed by atoms with Crippen LogP contribution >= 0.6 is 11.8 Å². The number of likely N-dealkylation sites (N-methyl/N-ethyl adjacent to an activating group) is 1. The molecule has 2 rings (SSSR count). The number of ether oxygens (including phenoxy) is 1. The molecule has 0 unspecified atom stereocenters. The molecule has 0 amide bonds. The van der Waals surface area contributed by atoms with Crippen LogP contribution in [0.4, 0.5) is 5.69 Å². The van der Waals surface area contributed by atoms with Crippen molar-refractivity contribution in [1.29, 1.82) is 0 Å². The maximum atomic E-state index is 11.0. The van der Waals surface area contributed by atoms with Crippen LogP contribution in [0.1, 0.15) is 0 Å². The van der Waals surface area contributed by atoms with E-state index in [4.69, 9.17) is 15.6 Å². The largest absolute Gasteiger partial charge is 0.480 e. The molecule has 0 saturated carbocycles. The molecule has 1 atom stereocenters. The molecule has 0 heterocycles. The van der Waals surface area contributed by atoms with Gasteiger partial charge in [-0.2, -0.15) is 0 Å². The Labute approximate surface area is 133 Å². The van der Waals surface area contributed by atoms with E-state index in [0.717, 1.165) is 4.90 Å². The van der Waals surface area contributed by atoms with Crippen LogP contribution in [0.25, 0.3) is 0 Å². The number of hydrogen-bond acceptors (Lipinski definition) is 5. The first-order valence-corrected chi connectivity index (χ1v) is 7.74. The minimum absolute atomic E-state index is 0.380. The molecule has 6 heteroatoms. The molecule has 0 radical (unpaired) electrons. The Morgan fingerprint density at radius 1 is 1.27 bits per heavy atom. The number of rotatable bonds is 7. The van der Waals surface area contributed by atoms with Gasteiger partial charge in [0.25, 0.3) is 0 Å². The number of nitrogens with two attached hydrogens (primary N) is 1. The topological polar surface area (TPSA) is 84.6 Å². The van der Waals surface area contributed by atoms with Crippen molar-refractivity contribution in [2.75, 3.05) is 18.5 Å². The zero-order valence-corrected chi connectivity index (χ0v) is 13.0. The van der Waals surface area contributed by atoms with Crippen molar-refractivity contribution < 1.29 is 14.6 Å². The lowest BCUT2D eigenvalue weighted by Crippen LogP contribution is -2.35. The van der Waals surface area contributed by atoms with Gasteiger partial charge in [0.2, 0.25) is 0 Å². The van der Waals surface area contributed by atoms with E-state index in [-0.39, 0.29) is 0 Å². The molecule has 2 aromatic rings. The van der Waals surface area contributed by atoms with E-state index in [0.29, 0.717) is 22.9 Å². The lowest BCUT2D eigenvalue weighted by molar-refractivity contribution is -0.138. The van der Waals surface area contributed by atoms with E-state index >= 15 is 0 Å². The predicted molar refractivity (Wildman–Crippen MR) is 88.6 cm³/mol. The van der Waals surface area contributed by atoms with Gasteiger partial charge in [0.15, 0.2) is 5.75 Å². The number of para-hydroxylation sites is 2. The SMILES string of the molecule is CN[C@@H](CSc1cccc(Oc2ccccc2)c1N)C(=O)O. The second-order valence-electron chi connectivity index (χ2n) is 4.57. The number of benzene rings is 2. The molecule has 22 heavy (non-hydrogen) atoms. The summed E-state index contributed by atoms with van der Waals surface area (Å²) >= 11 is 1.38. The summed E-state index contributed by atoms with van der Waals surface area (Å²) in [5.74, 6) is 0.762. The average molecular weight is 318 g/mol. The molecule has 0 fully saturated rings. The van der Waals surface area contributed by atoms with E-state index in [1.54, 1.807) is 13.1 Å². The van der Waals surface area contributed by atoms with Gasteiger partial charge in [0.1, 0.15) is 11.8 Å². The molecule has 2 aromatic carbocycles. The molecule has 0 bridgehead atoms. The number of thioether (sulfide) groups is 1. The molecular formula is C16H18N2O3S. The minimum Gasteiger partial charge on any atom is -0.480 e. The highest BCUT2D eigenvalue weighted by Gasteiger charge is 2.16. The second kappa shape index (κ2) is 7.72. The number of nitrogens with one attached hydrogen (secondary N) is 1. The summed E-state index contributed by atoms with van der Waals surface area (Å²) in [4.78, 5) is 11.8. The molecule has 0 aromatic heterocycles. The summed E-state index contributed by atoms with van der Waals surface area (Å²) in [6.45, 7) is 0. The molecular weight excluding hydrogens is 300 g/mol. The van der Waals surface area contributed by atoms with Gasteiger partial charge in [-0.05, 0) is 31.3 Å². The van der Waals surface area contributed by atoms with Crippen LogP contribution in [0.15, 0.2) is 53.4 Å². The number of nitrogen functional groups attached to an aromatic ring is 1. The minimum atomic E-state index is -0.884. The van der Waals surface area contributed by atoms with Crippen molar-refractivity contribution in [3.05, 3.63) is 48.5 Å². The fourth-order valence-corrected chi connectivity index (χ4v) is 2.89.